The highest BCUT2D eigenvalue weighted by Gasteiger charge is 2.36. The van der Waals surface area contributed by atoms with E-state index in [0.29, 0.717) is 11.5 Å². The van der Waals surface area contributed by atoms with Crippen molar-refractivity contribution in [2.75, 3.05) is 0 Å². The van der Waals surface area contributed by atoms with Crippen molar-refractivity contribution < 1.29 is 4.74 Å². The molecule has 0 bridgehead atoms. The quantitative estimate of drug-likeness (QED) is 0.748. The lowest BCUT2D eigenvalue weighted by molar-refractivity contribution is 0.379. The van der Waals surface area contributed by atoms with Crippen molar-refractivity contribution in [3.63, 3.8) is 0 Å². The van der Waals surface area contributed by atoms with Crippen LogP contribution in [0.2, 0.25) is 0 Å². The highest BCUT2D eigenvalue weighted by molar-refractivity contribution is 7.12. The number of fused-ring (bicyclic) bond motifs is 1. The summed E-state index contributed by atoms with van der Waals surface area (Å²) < 4.78 is 5.59. The standard InChI is InChI=1S/C18H14N4OS/c1-10-7-8-13(24-10)14-12(9-19)17(20)23-18-15(14)16(21-22-18)11-5-3-2-4-6-11/h2-8,14H,20H2,1H3,(H,21,22)/t14-/m1/s1. The fourth-order valence-corrected chi connectivity index (χ4v) is 3.96. The van der Waals surface area contributed by atoms with Gasteiger partial charge in [-0.05, 0) is 24.6 Å². The molecule has 0 amide bonds. The Kier molecular flexibility index (Phi) is 3.36. The fourth-order valence-electron chi connectivity index (χ4n) is 2.96. The van der Waals surface area contributed by atoms with Crippen LogP contribution in [0.3, 0.4) is 0 Å². The van der Waals surface area contributed by atoms with Gasteiger partial charge in [-0.2, -0.15) is 5.26 Å². The Labute approximate surface area is 143 Å². The average Bonchev–Trinajstić information content (AvgIpc) is 3.20. The average molecular weight is 334 g/mol. The number of aromatic nitrogens is 2. The summed E-state index contributed by atoms with van der Waals surface area (Å²) in [5.41, 5.74) is 9.09. The minimum absolute atomic E-state index is 0.118. The van der Waals surface area contributed by atoms with Crippen LogP contribution in [-0.4, -0.2) is 10.2 Å². The van der Waals surface area contributed by atoms with Gasteiger partial charge in [-0.1, -0.05) is 30.3 Å². The van der Waals surface area contributed by atoms with Crippen molar-refractivity contribution in [2.24, 2.45) is 5.73 Å². The van der Waals surface area contributed by atoms with E-state index in [-0.39, 0.29) is 11.8 Å². The topological polar surface area (TPSA) is 87.7 Å². The number of aryl methyl sites for hydroxylation is 1. The van der Waals surface area contributed by atoms with E-state index in [1.807, 2.05) is 49.4 Å². The third-order valence-corrected chi connectivity index (χ3v) is 5.11. The molecule has 3 heterocycles. The number of hydrogen-bond acceptors (Lipinski definition) is 5. The number of aromatic amines is 1. The molecule has 0 radical (unpaired) electrons. The smallest absolute Gasteiger partial charge is 0.244 e. The van der Waals surface area contributed by atoms with Crippen LogP contribution in [0.5, 0.6) is 5.88 Å². The SMILES string of the molecule is Cc1ccc([C@H]2C(C#N)=C(N)Oc3n[nH]c(-c4ccccc4)c32)s1. The molecule has 1 aromatic carbocycles. The van der Waals surface area contributed by atoms with E-state index in [4.69, 9.17) is 10.5 Å². The van der Waals surface area contributed by atoms with Crippen molar-refractivity contribution >= 4 is 11.3 Å². The monoisotopic (exact) mass is 334 g/mol. The predicted molar refractivity (Wildman–Crippen MR) is 92.4 cm³/mol. The van der Waals surface area contributed by atoms with Crippen LogP contribution in [-0.2, 0) is 0 Å². The lowest BCUT2D eigenvalue weighted by Gasteiger charge is -2.22. The zero-order chi connectivity index (χ0) is 16.7. The zero-order valence-electron chi connectivity index (χ0n) is 12.9. The Morgan fingerprint density at radius 2 is 2.04 bits per heavy atom. The number of nitrogens with two attached hydrogens (primary N) is 1. The summed E-state index contributed by atoms with van der Waals surface area (Å²) in [6.45, 7) is 2.04. The molecule has 0 saturated heterocycles. The first kappa shape index (κ1) is 14.5. The van der Waals surface area contributed by atoms with E-state index in [2.05, 4.69) is 16.3 Å². The molecular weight excluding hydrogens is 320 g/mol. The molecule has 24 heavy (non-hydrogen) atoms. The first-order valence-electron chi connectivity index (χ1n) is 7.46. The maximum Gasteiger partial charge on any atom is 0.244 e. The summed E-state index contributed by atoms with van der Waals surface area (Å²) in [5, 5.41) is 16.9. The van der Waals surface area contributed by atoms with Gasteiger partial charge in [0.2, 0.25) is 11.8 Å². The Hall–Kier alpha value is -3.04. The number of thiophene rings is 1. The number of nitrogens with zero attached hydrogens (tertiary/aromatic N) is 2. The van der Waals surface area contributed by atoms with Gasteiger partial charge in [0.05, 0.1) is 17.2 Å². The van der Waals surface area contributed by atoms with Crippen molar-refractivity contribution in [2.45, 2.75) is 12.8 Å². The third-order valence-electron chi connectivity index (χ3n) is 4.05. The molecule has 1 aliphatic heterocycles. The van der Waals surface area contributed by atoms with Crippen LogP contribution in [0.25, 0.3) is 11.3 Å². The summed E-state index contributed by atoms with van der Waals surface area (Å²) in [6, 6.07) is 16.2. The number of rotatable bonds is 2. The van der Waals surface area contributed by atoms with Crippen molar-refractivity contribution in [1.82, 2.24) is 10.2 Å². The Balaban J connectivity index is 1.96. The van der Waals surface area contributed by atoms with Gasteiger partial charge in [-0.3, -0.25) is 5.10 Å². The second kappa shape index (κ2) is 5.55. The maximum atomic E-state index is 9.63. The minimum atomic E-state index is -0.272. The third kappa shape index (κ3) is 2.18. The summed E-state index contributed by atoms with van der Waals surface area (Å²) in [6.07, 6.45) is 0. The van der Waals surface area contributed by atoms with Gasteiger partial charge < -0.3 is 10.5 Å². The van der Waals surface area contributed by atoms with Gasteiger partial charge in [0.25, 0.3) is 0 Å². The van der Waals surface area contributed by atoms with Crippen LogP contribution in [0.4, 0.5) is 0 Å². The van der Waals surface area contributed by atoms with Crippen LogP contribution >= 0.6 is 11.3 Å². The van der Waals surface area contributed by atoms with Crippen molar-refractivity contribution in [3.05, 3.63) is 69.2 Å². The minimum Gasteiger partial charge on any atom is -0.420 e. The Bertz CT molecular complexity index is 978. The number of H-pyrrole nitrogens is 1. The summed E-state index contributed by atoms with van der Waals surface area (Å²) >= 11 is 1.65. The molecule has 1 atom stereocenters. The Morgan fingerprint density at radius 1 is 1.25 bits per heavy atom. The molecule has 0 fully saturated rings. The highest BCUT2D eigenvalue weighted by atomic mass is 32.1. The van der Waals surface area contributed by atoms with Gasteiger partial charge in [0.1, 0.15) is 11.6 Å². The molecule has 0 unspecified atom stereocenters. The number of nitriles is 1. The van der Waals surface area contributed by atoms with E-state index in [1.54, 1.807) is 11.3 Å². The van der Waals surface area contributed by atoms with Gasteiger partial charge in [-0.15, -0.1) is 16.4 Å². The molecule has 2 aromatic heterocycles. The molecule has 0 saturated carbocycles. The van der Waals surface area contributed by atoms with E-state index in [9.17, 15) is 5.26 Å². The summed E-state index contributed by atoms with van der Waals surface area (Å²) in [7, 11) is 0. The van der Waals surface area contributed by atoms with E-state index in [0.717, 1.165) is 21.7 Å². The maximum absolute atomic E-state index is 9.63. The largest absolute Gasteiger partial charge is 0.420 e. The summed E-state index contributed by atoms with van der Waals surface area (Å²) in [5.74, 6) is 0.278. The van der Waals surface area contributed by atoms with Gasteiger partial charge in [0, 0.05) is 9.75 Å². The zero-order valence-corrected chi connectivity index (χ0v) is 13.7. The fraction of sp³-hybridized carbons (Fsp3) is 0.111. The van der Waals surface area contributed by atoms with Gasteiger partial charge in [0.15, 0.2) is 0 Å². The molecule has 3 N–H and O–H groups in total. The predicted octanol–water partition coefficient (Wildman–Crippen LogP) is 3.66. The number of hydrogen-bond donors (Lipinski definition) is 2. The van der Waals surface area contributed by atoms with Crippen molar-refractivity contribution in [1.29, 1.82) is 5.26 Å². The van der Waals surface area contributed by atoms with E-state index >= 15 is 0 Å². The Morgan fingerprint density at radius 3 is 2.71 bits per heavy atom. The molecule has 0 aliphatic carbocycles. The number of nitrogens with one attached hydrogen (secondary N) is 1. The molecule has 5 nitrogen and oxygen atoms in total. The van der Waals surface area contributed by atoms with Gasteiger partial charge in [-0.25, -0.2) is 0 Å². The second-order valence-corrected chi connectivity index (χ2v) is 6.88. The lowest BCUT2D eigenvalue weighted by atomic mass is 9.87. The first-order valence-corrected chi connectivity index (χ1v) is 8.28. The first-order chi connectivity index (χ1) is 11.7. The number of allylic oxidation sites excluding steroid dienone is 1. The molecule has 1 aliphatic rings. The molecular formula is C18H14N4OS. The molecule has 118 valence electrons. The van der Waals surface area contributed by atoms with Crippen LogP contribution in [0, 0.1) is 18.3 Å². The highest BCUT2D eigenvalue weighted by Crippen LogP contribution is 2.47. The van der Waals surface area contributed by atoms with Gasteiger partial charge >= 0.3 is 0 Å². The van der Waals surface area contributed by atoms with E-state index in [1.165, 1.54) is 4.88 Å². The molecule has 0 spiro atoms. The van der Waals surface area contributed by atoms with Crippen molar-refractivity contribution in [3.8, 4) is 23.2 Å². The van der Waals surface area contributed by atoms with Crippen LogP contribution in [0.1, 0.15) is 21.2 Å². The van der Waals surface area contributed by atoms with E-state index < -0.39 is 0 Å². The molecule has 6 heteroatoms. The normalized spacial score (nSPS) is 16.4. The molecule has 4 rings (SSSR count). The van der Waals surface area contributed by atoms with Crippen LogP contribution < -0.4 is 10.5 Å². The molecule has 3 aromatic rings. The van der Waals surface area contributed by atoms with Crippen LogP contribution in [0.15, 0.2) is 53.9 Å². The number of benzene rings is 1. The lowest BCUT2D eigenvalue weighted by Crippen LogP contribution is -2.20. The number of ether oxygens (including phenoxy) is 1. The summed E-state index contributed by atoms with van der Waals surface area (Å²) in [4.78, 5) is 2.23. The second-order valence-electron chi connectivity index (χ2n) is 5.56.